The van der Waals surface area contributed by atoms with E-state index < -0.39 is 42.1 Å². The largest absolute Gasteiger partial charge is 0.452 e. The summed E-state index contributed by atoms with van der Waals surface area (Å²) in [6, 6.07) is 18.3. The number of rotatable bonds is 5. The molecule has 2 aliphatic rings. The second-order valence-corrected chi connectivity index (χ2v) is 8.28. The number of ether oxygens (including phenoxy) is 4. The molecule has 0 aromatic heterocycles. The highest BCUT2D eigenvalue weighted by Crippen LogP contribution is 2.38. The molecular formula is C22H24O6S. The van der Waals surface area contributed by atoms with Crippen LogP contribution in [0.1, 0.15) is 29.1 Å². The van der Waals surface area contributed by atoms with Crippen molar-refractivity contribution in [3.63, 3.8) is 0 Å². The number of hydrogen-bond donors (Lipinski definition) is 1. The van der Waals surface area contributed by atoms with Crippen LogP contribution >= 0.6 is 11.8 Å². The van der Waals surface area contributed by atoms with Crippen LogP contribution in [0.5, 0.6) is 0 Å². The second kappa shape index (κ2) is 9.28. The molecule has 6 atom stereocenters. The minimum atomic E-state index is -1.03. The van der Waals surface area contributed by atoms with Crippen LogP contribution < -0.4 is 0 Å². The molecule has 4 rings (SSSR count). The van der Waals surface area contributed by atoms with E-state index in [4.69, 9.17) is 18.9 Å². The number of aliphatic hydroxyl groups is 1. The third kappa shape index (κ3) is 4.49. The molecule has 6 nitrogen and oxygen atoms in total. The minimum Gasteiger partial charge on any atom is -0.452 e. The van der Waals surface area contributed by atoms with Crippen molar-refractivity contribution in [3.8, 4) is 0 Å². The van der Waals surface area contributed by atoms with E-state index in [9.17, 15) is 9.90 Å². The van der Waals surface area contributed by atoms with Crippen LogP contribution in [-0.2, 0) is 18.9 Å². The van der Waals surface area contributed by atoms with E-state index in [0.717, 1.165) is 11.3 Å². The third-order valence-corrected chi connectivity index (χ3v) is 6.01. The monoisotopic (exact) mass is 416 g/mol. The SMILES string of the molecule is CCSC1OC2COC(c3ccccc3)OC2C(O)C1OC(=O)c1ccccc1. The molecule has 0 saturated carbocycles. The molecule has 2 aromatic carbocycles. The second-order valence-electron chi connectivity index (χ2n) is 6.90. The molecule has 1 N–H and O–H groups in total. The number of fused-ring (bicyclic) bond motifs is 1. The summed E-state index contributed by atoms with van der Waals surface area (Å²) in [7, 11) is 0. The number of thioether (sulfide) groups is 1. The maximum Gasteiger partial charge on any atom is 0.338 e. The molecule has 2 fully saturated rings. The topological polar surface area (TPSA) is 74.2 Å². The van der Waals surface area contributed by atoms with Crippen LogP contribution in [0, 0.1) is 0 Å². The number of benzene rings is 2. The Balaban J connectivity index is 1.51. The Hall–Kier alpha value is -1.90. The van der Waals surface area contributed by atoms with Gasteiger partial charge in [-0.1, -0.05) is 55.5 Å². The maximum absolute atomic E-state index is 12.6. The lowest BCUT2D eigenvalue weighted by Gasteiger charge is -2.47. The number of carbonyl (C=O) groups is 1. The van der Waals surface area contributed by atoms with E-state index in [1.165, 1.54) is 11.8 Å². The number of hydrogen-bond acceptors (Lipinski definition) is 7. The fourth-order valence-corrected chi connectivity index (χ4v) is 4.49. The smallest absolute Gasteiger partial charge is 0.338 e. The molecule has 0 radical (unpaired) electrons. The van der Waals surface area contributed by atoms with Gasteiger partial charge >= 0.3 is 5.97 Å². The van der Waals surface area contributed by atoms with Crippen molar-refractivity contribution in [3.05, 3.63) is 71.8 Å². The third-order valence-electron chi connectivity index (χ3n) is 4.96. The van der Waals surface area contributed by atoms with Gasteiger partial charge in [-0.2, -0.15) is 0 Å². The highest BCUT2D eigenvalue weighted by Gasteiger charge is 2.51. The predicted molar refractivity (Wildman–Crippen MR) is 108 cm³/mol. The summed E-state index contributed by atoms with van der Waals surface area (Å²) in [5, 5.41) is 11.1. The zero-order valence-corrected chi connectivity index (χ0v) is 16.9. The van der Waals surface area contributed by atoms with Gasteiger partial charge in [-0.15, -0.1) is 11.8 Å². The summed E-state index contributed by atoms with van der Waals surface area (Å²) in [6.45, 7) is 2.28. The molecule has 2 heterocycles. The number of carbonyl (C=O) groups excluding carboxylic acids is 1. The Labute approximate surface area is 174 Å². The van der Waals surface area contributed by atoms with Gasteiger partial charge in [-0.25, -0.2) is 4.79 Å². The van der Waals surface area contributed by atoms with Gasteiger partial charge in [0.05, 0.1) is 12.2 Å². The Morgan fingerprint density at radius 3 is 2.48 bits per heavy atom. The lowest BCUT2D eigenvalue weighted by atomic mass is 9.98. The first kappa shape index (κ1) is 20.4. The van der Waals surface area contributed by atoms with Crippen molar-refractivity contribution in [1.29, 1.82) is 0 Å². The lowest BCUT2D eigenvalue weighted by Crippen LogP contribution is -2.62. The summed E-state index contributed by atoms with van der Waals surface area (Å²) in [5.74, 6) is 0.257. The number of esters is 1. The average molecular weight is 416 g/mol. The van der Waals surface area contributed by atoms with Gasteiger partial charge in [0.1, 0.15) is 23.7 Å². The fraction of sp³-hybridized carbons (Fsp3) is 0.409. The van der Waals surface area contributed by atoms with E-state index >= 15 is 0 Å². The molecule has 29 heavy (non-hydrogen) atoms. The predicted octanol–water partition coefficient (Wildman–Crippen LogP) is 3.17. The zero-order chi connectivity index (χ0) is 20.2. The van der Waals surface area contributed by atoms with Crippen molar-refractivity contribution in [2.45, 2.75) is 43.1 Å². The van der Waals surface area contributed by atoms with Gasteiger partial charge in [0.25, 0.3) is 0 Å². The molecule has 154 valence electrons. The summed E-state index contributed by atoms with van der Waals surface area (Å²) in [5.41, 5.74) is 0.794. The number of aliphatic hydroxyl groups excluding tert-OH is 1. The van der Waals surface area contributed by atoms with E-state index in [2.05, 4.69) is 0 Å². The molecular weight excluding hydrogens is 392 g/mol. The van der Waals surface area contributed by atoms with E-state index in [0.29, 0.717) is 12.2 Å². The molecule has 2 aliphatic heterocycles. The van der Waals surface area contributed by atoms with Gasteiger partial charge in [0.15, 0.2) is 12.4 Å². The normalized spacial score (nSPS) is 31.7. The Morgan fingerprint density at radius 2 is 1.79 bits per heavy atom. The maximum atomic E-state index is 12.6. The zero-order valence-electron chi connectivity index (χ0n) is 16.0. The molecule has 0 bridgehead atoms. The highest BCUT2D eigenvalue weighted by atomic mass is 32.2. The molecule has 6 unspecified atom stereocenters. The van der Waals surface area contributed by atoms with Crippen molar-refractivity contribution < 1.29 is 28.8 Å². The van der Waals surface area contributed by atoms with Gasteiger partial charge in [0, 0.05) is 5.56 Å². The van der Waals surface area contributed by atoms with E-state index in [-0.39, 0.29) is 0 Å². The van der Waals surface area contributed by atoms with Crippen molar-refractivity contribution in [2.24, 2.45) is 0 Å². The first-order valence-corrected chi connectivity index (χ1v) is 10.8. The molecule has 0 spiro atoms. The van der Waals surface area contributed by atoms with Crippen LogP contribution in [0.15, 0.2) is 60.7 Å². The van der Waals surface area contributed by atoms with E-state index in [1.54, 1.807) is 24.3 Å². The Kier molecular flexibility index (Phi) is 6.52. The minimum absolute atomic E-state index is 0.293. The van der Waals surface area contributed by atoms with Crippen molar-refractivity contribution in [1.82, 2.24) is 0 Å². The standard InChI is InChI=1S/C22H24O6S/c1-2-29-22-19(27-20(24)14-9-5-3-6-10-14)17(23)18-16(26-22)13-25-21(28-18)15-11-7-4-8-12-15/h3-12,16-19,21-23H,2,13H2,1H3. The first-order valence-electron chi connectivity index (χ1n) is 9.70. The van der Waals surface area contributed by atoms with Gasteiger partial charge in [-0.05, 0) is 17.9 Å². The van der Waals surface area contributed by atoms with Gasteiger partial charge in [0.2, 0.25) is 0 Å². The summed E-state index contributed by atoms with van der Waals surface area (Å²) >= 11 is 1.48. The van der Waals surface area contributed by atoms with Gasteiger partial charge in [-0.3, -0.25) is 0 Å². The van der Waals surface area contributed by atoms with Crippen LogP contribution in [-0.4, -0.2) is 53.3 Å². The van der Waals surface area contributed by atoms with Crippen LogP contribution in [0.25, 0.3) is 0 Å². The van der Waals surface area contributed by atoms with Gasteiger partial charge < -0.3 is 24.1 Å². The molecule has 0 aliphatic carbocycles. The quantitative estimate of drug-likeness (QED) is 0.751. The summed E-state index contributed by atoms with van der Waals surface area (Å²) < 4.78 is 23.7. The van der Waals surface area contributed by atoms with Crippen molar-refractivity contribution in [2.75, 3.05) is 12.4 Å². The Morgan fingerprint density at radius 1 is 1.10 bits per heavy atom. The first-order chi connectivity index (χ1) is 14.2. The molecule has 0 amide bonds. The lowest BCUT2D eigenvalue weighted by molar-refractivity contribution is -0.317. The van der Waals surface area contributed by atoms with Crippen molar-refractivity contribution >= 4 is 17.7 Å². The Bertz CT molecular complexity index is 801. The van der Waals surface area contributed by atoms with Crippen LogP contribution in [0.4, 0.5) is 0 Å². The average Bonchev–Trinajstić information content (AvgIpc) is 2.77. The highest BCUT2D eigenvalue weighted by molar-refractivity contribution is 7.99. The van der Waals surface area contributed by atoms with Crippen LogP contribution in [0.3, 0.4) is 0 Å². The summed E-state index contributed by atoms with van der Waals surface area (Å²) in [4.78, 5) is 12.6. The fourth-order valence-electron chi connectivity index (χ4n) is 3.54. The summed E-state index contributed by atoms with van der Waals surface area (Å²) in [6.07, 6.45) is -3.56. The molecule has 2 aromatic rings. The molecule has 2 saturated heterocycles. The van der Waals surface area contributed by atoms with E-state index in [1.807, 2.05) is 43.3 Å². The van der Waals surface area contributed by atoms with Crippen LogP contribution in [0.2, 0.25) is 0 Å². The molecule has 7 heteroatoms.